The van der Waals surface area contributed by atoms with Gasteiger partial charge in [0.1, 0.15) is 24.4 Å². The fourth-order valence-electron chi connectivity index (χ4n) is 3.59. The maximum Gasteiger partial charge on any atom is 0.305 e. The molecule has 2 rings (SSSR count). The molecule has 0 heterocycles. The van der Waals surface area contributed by atoms with Crippen LogP contribution in [-0.2, 0) is 25.6 Å². The number of Topliss-reactive ketones (excluding diaryl/α,β-unsaturated/α-hetero) is 2. The minimum absolute atomic E-state index is 0.119. The maximum atomic E-state index is 14.0. The van der Waals surface area contributed by atoms with Crippen LogP contribution in [0, 0.1) is 11.7 Å². The molecule has 2 amide bonds. The number of hydrogen-bond donors (Lipinski definition) is 3. The van der Waals surface area contributed by atoms with E-state index in [1.807, 2.05) is 0 Å². The van der Waals surface area contributed by atoms with Crippen molar-refractivity contribution in [2.24, 2.45) is 5.92 Å². The van der Waals surface area contributed by atoms with Gasteiger partial charge in [-0.2, -0.15) is 0 Å². The van der Waals surface area contributed by atoms with Crippen molar-refractivity contribution in [3.05, 3.63) is 58.4 Å². The first kappa shape index (κ1) is 31.2. The third-order valence-electron chi connectivity index (χ3n) is 5.65. The molecule has 0 bridgehead atoms. The predicted octanol–water partition coefficient (Wildman–Crippen LogP) is 2.98. The lowest BCUT2D eigenvalue weighted by Crippen LogP contribution is -2.54. The second kappa shape index (κ2) is 14.2. The molecule has 39 heavy (non-hydrogen) atoms. The predicted molar refractivity (Wildman–Crippen MR) is 140 cm³/mol. The van der Waals surface area contributed by atoms with Crippen LogP contribution in [0.5, 0.6) is 11.5 Å². The highest BCUT2D eigenvalue weighted by Crippen LogP contribution is 2.22. The Hall–Kier alpha value is -3.99. The summed E-state index contributed by atoms with van der Waals surface area (Å²) in [5, 5.41) is 14.3. The summed E-state index contributed by atoms with van der Waals surface area (Å²) in [7, 11) is 1.42. The summed E-state index contributed by atoms with van der Waals surface area (Å²) in [6, 6.07) is 5.57. The molecule has 0 spiro atoms. The van der Waals surface area contributed by atoms with Gasteiger partial charge in [-0.15, -0.1) is 0 Å². The number of rotatable bonds is 14. The molecular weight excluding hydrogens is 535 g/mol. The molecule has 0 fully saturated rings. The number of halogens is 2. The molecule has 12 heteroatoms. The Kier molecular flexibility index (Phi) is 11.4. The third-order valence-corrected chi connectivity index (χ3v) is 5.89. The van der Waals surface area contributed by atoms with Crippen LogP contribution in [0.4, 0.5) is 4.39 Å². The number of methoxy groups -OCH3 is 1. The quantitative estimate of drug-likeness (QED) is 0.297. The van der Waals surface area contributed by atoms with Gasteiger partial charge in [-0.1, -0.05) is 25.4 Å². The van der Waals surface area contributed by atoms with Crippen molar-refractivity contribution in [2.75, 3.05) is 13.7 Å². The van der Waals surface area contributed by atoms with Crippen molar-refractivity contribution in [1.82, 2.24) is 10.6 Å². The number of carboxylic acids is 1. The van der Waals surface area contributed by atoms with Crippen LogP contribution in [0.15, 0.2) is 36.4 Å². The molecule has 2 aromatic carbocycles. The van der Waals surface area contributed by atoms with Crippen molar-refractivity contribution in [3.8, 4) is 11.5 Å². The molecule has 0 radical (unpaired) electrons. The highest BCUT2D eigenvalue weighted by atomic mass is 35.5. The summed E-state index contributed by atoms with van der Waals surface area (Å²) in [5.74, 6) is -4.90. The molecule has 10 nitrogen and oxygen atoms in total. The van der Waals surface area contributed by atoms with E-state index in [0.29, 0.717) is 16.9 Å². The summed E-state index contributed by atoms with van der Waals surface area (Å²) < 4.78 is 24.4. The normalized spacial score (nSPS) is 12.3. The molecular formula is C27H30ClFN2O8. The maximum absolute atomic E-state index is 14.0. The molecule has 1 unspecified atom stereocenters. The van der Waals surface area contributed by atoms with E-state index in [2.05, 4.69) is 10.6 Å². The Morgan fingerprint density at radius 1 is 1.03 bits per heavy atom. The average molecular weight is 565 g/mol. The van der Waals surface area contributed by atoms with Gasteiger partial charge in [-0.05, 0) is 49.2 Å². The van der Waals surface area contributed by atoms with Crippen molar-refractivity contribution in [1.29, 1.82) is 0 Å². The van der Waals surface area contributed by atoms with Crippen LogP contribution in [0.3, 0.4) is 0 Å². The minimum atomic E-state index is -1.50. The van der Waals surface area contributed by atoms with E-state index in [0.717, 1.165) is 6.07 Å². The highest BCUT2D eigenvalue weighted by Gasteiger charge is 2.30. The number of ether oxygens (including phenoxy) is 2. The van der Waals surface area contributed by atoms with Gasteiger partial charge >= 0.3 is 5.97 Å². The van der Waals surface area contributed by atoms with Crippen LogP contribution >= 0.6 is 11.6 Å². The Morgan fingerprint density at radius 2 is 1.69 bits per heavy atom. The van der Waals surface area contributed by atoms with E-state index in [1.54, 1.807) is 26.0 Å². The molecule has 0 saturated heterocycles. The van der Waals surface area contributed by atoms with Gasteiger partial charge in [0.05, 0.1) is 20.0 Å². The number of aliphatic carboxylic acids is 1. The molecule has 0 saturated carbocycles. The van der Waals surface area contributed by atoms with Gasteiger partial charge in [-0.3, -0.25) is 24.0 Å². The molecule has 2 aromatic rings. The number of carbonyl (C=O) groups is 5. The van der Waals surface area contributed by atoms with Crippen LogP contribution in [0.1, 0.15) is 43.1 Å². The summed E-state index contributed by atoms with van der Waals surface area (Å²) in [5.41, 5.74) is 0.809. The Labute approximate surface area is 229 Å². The first-order valence-electron chi connectivity index (χ1n) is 11.9. The SMILES string of the molecule is COc1ccc(C(C)=O)cc1CC(=O)N[C@H](C(=O)NC(CC(=O)O)C(=O)COc1ccc(Cl)cc1F)C(C)C. The smallest absolute Gasteiger partial charge is 0.305 e. The van der Waals surface area contributed by atoms with Crippen LogP contribution < -0.4 is 20.1 Å². The lowest BCUT2D eigenvalue weighted by molar-refractivity contribution is -0.141. The van der Waals surface area contributed by atoms with Gasteiger partial charge in [-0.25, -0.2) is 4.39 Å². The van der Waals surface area contributed by atoms with E-state index in [9.17, 15) is 33.5 Å². The zero-order valence-electron chi connectivity index (χ0n) is 21.9. The van der Waals surface area contributed by atoms with Crippen LogP contribution in [0.2, 0.25) is 5.02 Å². The Morgan fingerprint density at radius 3 is 2.26 bits per heavy atom. The number of carboxylic acid groups (broad SMARTS) is 1. The molecule has 0 aliphatic heterocycles. The summed E-state index contributed by atoms with van der Waals surface area (Å²) in [6.45, 7) is 3.97. The number of ketones is 2. The minimum Gasteiger partial charge on any atom is -0.496 e. The fourth-order valence-corrected chi connectivity index (χ4v) is 3.75. The topological polar surface area (TPSA) is 148 Å². The van der Waals surface area contributed by atoms with Crippen LogP contribution in [-0.4, -0.2) is 60.3 Å². The van der Waals surface area contributed by atoms with Gasteiger partial charge in [0, 0.05) is 16.1 Å². The second-order valence-electron chi connectivity index (χ2n) is 9.04. The summed E-state index contributed by atoms with van der Waals surface area (Å²) in [6.07, 6.45) is -0.969. The van der Waals surface area contributed by atoms with Gasteiger partial charge in [0.15, 0.2) is 23.1 Å². The molecule has 3 N–H and O–H groups in total. The molecule has 2 atom stereocenters. The highest BCUT2D eigenvalue weighted by molar-refractivity contribution is 6.30. The number of hydrogen-bond acceptors (Lipinski definition) is 7. The lowest BCUT2D eigenvalue weighted by atomic mass is 10.0. The summed E-state index contributed by atoms with van der Waals surface area (Å²) in [4.78, 5) is 61.7. The monoisotopic (exact) mass is 564 g/mol. The van der Waals surface area contributed by atoms with Gasteiger partial charge in [0.25, 0.3) is 0 Å². The van der Waals surface area contributed by atoms with Crippen molar-refractivity contribution >= 4 is 41.0 Å². The van der Waals surface area contributed by atoms with E-state index in [1.165, 1.54) is 32.2 Å². The number of amides is 2. The number of nitrogens with one attached hydrogen (secondary N) is 2. The molecule has 0 aromatic heterocycles. The van der Waals surface area contributed by atoms with Crippen LogP contribution in [0.25, 0.3) is 0 Å². The van der Waals surface area contributed by atoms with E-state index < -0.39 is 60.4 Å². The second-order valence-corrected chi connectivity index (χ2v) is 9.47. The van der Waals surface area contributed by atoms with Gasteiger partial charge < -0.3 is 25.2 Å². The standard InChI is InChI=1S/C27H30ClFN2O8/c1-14(2)26(31-24(34)10-17-9-16(15(3)32)5-7-22(17)38-4)27(37)30-20(12-25(35)36)21(33)13-39-23-8-6-18(28)11-19(23)29/h5-9,11,14,20,26H,10,12-13H2,1-4H3,(H,30,37)(H,31,34)(H,35,36)/t20?,26-/m0/s1. The lowest BCUT2D eigenvalue weighted by Gasteiger charge is -2.25. The van der Waals surface area contributed by atoms with E-state index >= 15 is 0 Å². The molecule has 0 aliphatic carbocycles. The van der Waals surface area contributed by atoms with E-state index in [-0.39, 0.29) is 23.0 Å². The van der Waals surface area contributed by atoms with E-state index in [4.69, 9.17) is 21.1 Å². The van der Waals surface area contributed by atoms with Crippen molar-refractivity contribution in [3.63, 3.8) is 0 Å². The fraction of sp³-hybridized carbons (Fsp3) is 0.370. The Bertz CT molecular complexity index is 1250. The average Bonchev–Trinajstić information content (AvgIpc) is 2.85. The number of carbonyl (C=O) groups excluding carboxylic acids is 4. The van der Waals surface area contributed by atoms with Crippen molar-refractivity contribution in [2.45, 2.75) is 45.7 Å². The zero-order chi connectivity index (χ0) is 29.3. The largest absolute Gasteiger partial charge is 0.496 e. The number of benzene rings is 2. The molecule has 0 aliphatic rings. The van der Waals surface area contributed by atoms with Gasteiger partial charge in [0.2, 0.25) is 11.8 Å². The first-order chi connectivity index (χ1) is 18.3. The summed E-state index contributed by atoms with van der Waals surface area (Å²) >= 11 is 5.69. The first-order valence-corrected chi connectivity index (χ1v) is 12.3. The Balaban J connectivity index is 2.13. The zero-order valence-corrected chi connectivity index (χ0v) is 22.6. The molecule has 210 valence electrons. The van der Waals surface area contributed by atoms with Crippen molar-refractivity contribution < 1.29 is 42.9 Å². The third kappa shape index (κ3) is 9.36.